The van der Waals surface area contributed by atoms with E-state index in [1.54, 1.807) is 18.2 Å². The fraction of sp³-hybridized carbons (Fsp3) is 0.538. The molecular formula is C26H34ClNO7. The number of likely N-dealkylation sites (tertiary alicyclic amines) is 1. The molecule has 2 fully saturated rings. The summed E-state index contributed by atoms with van der Waals surface area (Å²) in [4.78, 5) is 2.25. The van der Waals surface area contributed by atoms with E-state index in [-0.39, 0.29) is 6.61 Å². The van der Waals surface area contributed by atoms with Gasteiger partial charge in [0.1, 0.15) is 49.0 Å². The summed E-state index contributed by atoms with van der Waals surface area (Å²) >= 11 is 6.43. The minimum Gasteiger partial charge on any atom is -0.491 e. The van der Waals surface area contributed by atoms with Crippen LogP contribution < -0.4 is 4.74 Å². The Bertz CT molecular complexity index is 951. The highest BCUT2D eigenvalue weighted by Crippen LogP contribution is 2.34. The zero-order chi connectivity index (χ0) is 24.9. The summed E-state index contributed by atoms with van der Waals surface area (Å²) in [6.07, 6.45) is -3.72. The first kappa shape index (κ1) is 26.3. The summed E-state index contributed by atoms with van der Waals surface area (Å²) < 4.78 is 11.4. The first-order valence-corrected chi connectivity index (χ1v) is 12.4. The topological polar surface area (TPSA) is 123 Å². The molecule has 0 bridgehead atoms. The number of nitrogens with zero attached hydrogens (tertiary/aromatic N) is 1. The SMILES string of the molecule is OC[C@H]1O[C@@H](c2ccc(Cl)c(Cc3ccc(OC[C@H](O)CN4CCCC4)cc3)c2)[C@H](O)[C@@H](O)[C@@H]1O. The van der Waals surface area contributed by atoms with Gasteiger partial charge >= 0.3 is 0 Å². The van der Waals surface area contributed by atoms with Crippen LogP contribution in [0.4, 0.5) is 0 Å². The number of ether oxygens (including phenoxy) is 2. The van der Waals surface area contributed by atoms with Crippen molar-refractivity contribution in [3.05, 3.63) is 64.2 Å². The van der Waals surface area contributed by atoms with Crippen molar-refractivity contribution in [2.75, 3.05) is 32.8 Å². The van der Waals surface area contributed by atoms with E-state index in [0.29, 0.717) is 29.3 Å². The molecule has 5 N–H and O–H groups in total. The van der Waals surface area contributed by atoms with Crippen LogP contribution in [-0.4, -0.2) is 93.8 Å². The molecule has 2 heterocycles. The van der Waals surface area contributed by atoms with Crippen molar-refractivity contribution in [1.29, 1.82) is 0 Å². The molecule has 2 aromatic rings. The first-order chi connectivity index (χ1) is 16.9. The maximum Gasteiger partial charge on any atom is 0.119 e. The van der Waals surface area contributed by atoms with Crippen molar-refractivity contribution in [3.8, 4) is 5.75 Å². The van der Waals surface area contributed by atoms with Gasteiger partial charge in [-0.3, -0.25) is 0 Å². The van der Waals surface area contributed by atoms with E-state index in [1.165, 1.54) is 12.8 Å². The van der Waals surface area contributed by atoms with Crippen molar-refractivity contribution in [2.24, 2.45) is 0 Å². The van der Waals surface area contributed by atoms with Crippen LogP contribution in [0, 0.1) is 0 Å². The second-order valence-corrected chi connectivity index (χ2v) is 9.80. The van der Waals surface area contributed by atoms with Crippen LogP contribution in [0.2, 0.25) is 5.02 Å². The van der Waals surface area contributed by atoms with E-state index in [2.05, 4.69) is 4.90 Å². The molecule has 9 heteroatoms. The van der Waals surface area contributed by atoms with Gasteiger partial charge in [-0.25, -0.2) is 0 Å². The van der Waals surface area contributed by atoms with E-state index < -0.39 is 43.2 Å². The Balaban J connectivity index is 1.38. The third-order valence-corrected chi connectivity index (χ3v) is 7.09. The Hall–Kier alpha value is -1.75. The molecule has 2 aliphatic rings. The number of aliphatic hydroxyl groups excluding tert-OH is 5. The molecule has 0 spiro atoms. The third-order valence-electron chi connectivity index (χ3n) is 6.72. The zero-order valence-corrected chi connectivity index (χ0v) is 20.3. The summed E-state index contributed by atoms with van der Waals surface area (Å²) in [6.45, 7) is 2.45. The quantitative estimate of drug-likeness (QED) is 0.344. The van der Waals surface area contributed by atoms with Gasteiger partial charge in [0.15, 0.2) is 0 Å². The summed E-state index contributed by atoms with van der Waals surface area (Å²) in [5.41, 5.74) is 2.38. The third kappa shape index (κ3) is 6.53. The zero-order valence-electron chi connectivity index (χ0n) is 19.5. The van der Waals surface area contributed by atoms with Gasteiger partial charge in [0.25, 0.3) is 0 Å². The largest absolute Gasteiger partial charge is 0.491 e. The molecule has 2 saturated heterocycles. The van der Waals surface area contributed by atoms with Crippen LogP contribution in [-0.2, 0) is 11.2 Å². The first-order valence-electron chi connectivity index (χ1n) is 12.1. The Morgan fingerprint density at radius 2 is 1.71 bits per heavy atom. The molecule has 0 amide bonds. The predicted molar refractivity (Wildman–Crippen MR) is 131 cm³/mol. The highest BCUT2D eigenvalue weighted by molar-refractivity contribution is 6.31. The van der Waals surface area contributed by atoms with E-state index >= 15 is 0 Å². The fourth-order valence-electron chi connectivity index (χ4n) is 4.72. The van der Waals surface area contributed by atoms with Gasteiger partial charge < -0.3 is 39.9 Å². The van der Waals surface area contributed by atoms with E-state index in [4.69, 9.17) is 21.1 Å². The summed E-state index contributed by atoms with van der Waals surface area (Å²) in [5.74, 6) is 0.676. The molecule has 2 aliphatic heterocycles. The van der Waals surface area contributed by atoms with Gasteiger partial charge in [0, 0.05) is 11.6 Å². The maximum atomic E-state index is 10.4. The predicted octanol–water partition coefficient (Wildman–Crippen LogP) is 1.28. The van der Waals surface area contributed by atoms with Gasteiger partial charge in [-0.05, 0) is 67.2 Å². The molecule has 192 valence electrons. The lowest BCUT2D eigenvalue weighted by atomic mass is 9.90. The van der Waals surface area contributed by atoms with Crippen LogP contribution in [0.5, 0.6) is 5.75 Å². The van der Waals surface area contributed by atoms with E-state index in [0.717, 1.165) is 24.2 Å². The fourth-order valence-corrected chi connectivity index (χ4v) is 4.90. The number of halogens is 1. The lowest BCUT2D eigenvalue weighted by molar-refractivity contribution is -0.231. The number of aliphatic hydroxyl groups is 5. The van der Waals surface area contributed by atoms with Gasteiger partial charge in [-0.1, -0.05) is 35.9 Å². The Morgan fingerprint density at radius 1 is 1.00 bits per heavy atom. The highest BCUT2D eigenvalue weighted by Gasteiger charge is 2.44. The van der Waals surface area contributed by atoms with Crippen LogP contribution in [0.3, 0.4) is 0 Å². The van der Waals surface area contributed by atoms with Crippen molar-refractivity contribution in [3.63, 3.8) is 0 Å². The van der Waals surface area contributed by atoms with Gasteiger partial charge in [-0.15, -0.1) is 0 Å². The standard InChI is InChI=1S/C26H34ClNO7/c27-21-8-5-17(26-25(33)24(32)23(31)22(14-29)35-26)12-18(21)11-16-3-6-20(7-4-16)34-15-19(30)13-28-9-1-2-10-28/h3-8,12,19,22-26,29-33H,1-2,9-11,13-15H2/t19-,22-,23-,24+,25-,26+/m1/s1. The number of hydrogen-bond acceptors (Lipinski definition) is 8. The van der Waals surface area contributed by atoms with Gasteiger partial charge in [-0.2, -0.15) is 0 Å². The molecule has 8 nitrogen and oxygen atoms in total. The molecule has 0 saturated carbocycles. The van der Waals surface area contributed by atoms with Crippen molar-refractivity contribution >= 4 is 11.6 Å². The lowest BCUT2D eigenvalue weighted by Gasteiger charge is -2.40. The second kappa shape index (κ2) is 12.0. The smallest absolute Gasteiger partial charge is 0.119 e. The minimum absolute atomic E-state index is 0.239. The lowest BCUT2D eigenvalue weighted by Crippen LogP contribution is -2.55. The maximum absolute atomic E-state index is 10.4. The second-order valence-electron chi connectivity index (χ2n) is 9.39. The molecule has 35 heavy (non-hydrogen) atoms. The number of rotatable bonds is 9. The Kier molecular flexibility index (Phi) is 9.02. The van der Waals surface area contributed by atoms with Gasteiger partial charge in [0.2, 0.25) is 0 Å². The number of β-amino-alcohol motifs (C(OH)–C–C–N with tert-alkyl or cyclic N) is 1. The molecule has 0 radical (unpaired) electrons. The average Bonchev–Trinajstić information content (AvgIpc) is 3.37. The average molecular weight is 508 g/mol. The van der Waals surface area contributed by atoms with Crippen molar-refractivity contribution in [1.82, 2.24) is 4.90 Å². The highest BCUT2D eigenvalue weighted by atomic mass is 35.5. The van der Waals surface area contributed by atoms with Crippen molar-refractivity contribution in [2.45, 2.75) is 55.9 Å². The molecule has 6 atom stereocenters. The molecule has 0 unspecified atom stereocenters. The van der Waals surface area contributed by atoms with Crippen LogP contribution in [0.15, 0.2) is 42.5 Å². The molecule has 2 aromatic carbocycles. The van der Waals surface area contributed by atoms with E-state index in [9.17, 15) is 25.5 Å². The van der Waals surface area contributed by atoms with Crippen LogP contribution >= 0.6 is 11.6 Å². The van der Waals surface area contributed by atoms with Gasteiger partial charge in [0.05, 0.1) is 6.61 Å². The van der Waals surface area contributed by atoms with Crippen molar-refractivity contribution < 1.29 is 35.0 Å². The number of hydrogen-bond donors (Lipinski definition) is 5. The summed E-state index contributed by atoms with van der Waals surface area (Å²) in [6, 6.07) is 12.8. The molecular weight excluding hydrogens is 474 g/mol. The van der Waals surface area contributed by atoms with Crippen LogP contribution in [0.25, 0.3) is 0 Å². The Morgan fingerprint density at radius 3 is 2.40 bits per heavy atom. The molecule has 0 aromatic heterocycles. The minimum atomic E-state index is -1.44. The molecule has 0 aliphatic carbocycles. The monoisotopic (exact) mass is 507 g/mol. The summed E-state index contributed by atoms with van der Waals surface area (Å²) in [5, 5.41) is 50.8. The normalized spacial score (nSPS) is 28.2. The van der Waals surface area contributed by atoms with E-state index in [1.807, 2.05) is 24.3 Å². The summed E-state index contributed by atoms with van der Waals surface area (Å²) in [7, 11) is 0. The Labute approximate surface area is 210 Å². The number of benzene rings is 2. The van der Waals surface area contributed by atoms with Crippen LogP contribution in [0.1, 0.15) is 35.6 Å². The molecule has 4 rings (SSSR count).